The standard InChI is InChI=1S/C28H27FN6O3/c29-23-10-5-16(12-24-20-3-1-2-4-21(20)26(37)34-33-24)11-22(23)27(38)35-14-17-13-30-28(32-25(17)15-35)31-18-6-8-19(36)9-7-18/h1-5,10-11,13,18-19,36H,6-9,12,14-15H2,(H,34,37)(H,30,31,32). The number of aliphatic hydroxyl groups excluding tert-OH is 1. The number of nitrogens with zero attached hydrogens (tertiary/aromatic N) is 4. The minimum atomic E-state index is -0.595. The van der Waals surface area contributed by atoms with Gasteiger partial charge in [0.25, 0.3) is 11.5 Å². The molecule has 38 heavy (non-hydrogen) atoms. The third-order valence-corrected chi connectivity index (χ3v) is 7.38. The number of aromatic amines is 1. The van der Waals surface area contributed by atoms with Crippen molar-refractivity contribution in [2.45, 2.75) is 57.3 Å². The lowest BCUT2D eigenvalue weighted by molar-refractivity contribution is 0.0745. The molecule has 1 amide bonds. The van der Waals surface area contributed by atoms with Gasteiger partial charge in [0, 0.05) is 36.2 Å². The third kappa shape index (κ3) is 4.74. The predicted octanol–water partition coefficient (Wildman–Crippen LogP) is 3.31. The highest BCUT2D eigenvalue weighted by Crippen LogP contribution is 2.27. The zero-order valence-corrected chi connectivity index (χ0v) is 20.7. The number of aliphatic hydroxyl groups is 1. The van der Waals surface area contributed by atoms with E-state index in [4.69, 9.17) is 0 Å². The van der Waals surface area contributed by atoms with Gasteiger partial charge in [0.2, 0.25) is 5.95 Å². The summed E-state index contributed by atoms with van der Waals surface area (Å²) in [6, 6.07) is 11.9. The van der Waals surface area contributed by atoms with E-state index < -0.39 is 11.7 Å². The van der Waals surface area contributed by atoms with Crippen LogP contribution in [-0.4, -0.2) is 48.2 Å². The molecule has 1 fully saturated rings. The van der Waals surface area contributed by atoms with Gasteiger partial charge in [0.1, 0.15) is 5.82 Å². The molecule has 3 N–H and O–H groups in total. The van der Waals surface area contributed by atoms with Crippen molar-refractivity contribution in [2.75, 3.05) is 5.32 Å². The molecule has 1 aliphatic heterocycles. The van der Waals surface area contributed by atoms with E-state index in [-0.39, 0.29) is 29.8 Å². The molecule has 2 aliphatic rings. The van der Waals surface area contributed by atoms with Gasteiger partial charge >= 0.3 is 0 Å². The molecule has 10 heteroatoms. The number of carbonyl (C=O) groups excluding carboxylic acids is 1. The van der Waals surface area contributed by atoms with Crippen LogP contribution in [0, 0.1) is 5.82 Å². The van der Waals surface area contributed by atoms with Gasteiger partial charge in [0.15, 0.2) is 0 Å². The van der Waals surface area contributed by atoms with E-state index in [2.05, 4.69) is 25.5 Å². The van der Waals surface area contributed by atoms with Gasteiger partial charge < -0.3 is 15.3 Å². The van der Waals surface area contributed by atoms with Gasteiger partial charge in [0.05, 0.1) is 35.0 Å². The van der Waals surface area contributed by atoms with Crippen LogP contribution in [0.5, 0.6) is 0 Å². The maximum atomic E-state index is 14.8. The van der Waals surface area contributed by atoms with Crippen LogP contribution in [0.3, 0.4) is 0 Å². The van der Waals surface area contributed by atoms with Gasteiger partial charge in [-0.25, -0.2) is 19.5 Å². The largest absolute Gasteiger partial charge is 0.393 e. The van der Waals surface area contributed by atoms with E-state index in [1.54, 1.807) is 35.4 Å². The Morgan fingerprint density at radius 1 is 1.11 bits per heavy atom. The van der Waals surface area contributed by atoms with E-state index in [0.717, 1.165) is 42.3 Å². The highest BCUT2D eigenvalue weighted by atomic mass is 19.1. The topological polar surface area (TPSA) is 124 Å². The Hall–Kier alpha value is -4.18. The molecule has 2 aromatic heterocycles. The molecule has 1 saturated carbocycles. The molecular formula is C28H27FN6O3. The summed E-state index contributed by atoms with van der Waals surface area (Å²) in [6.45, 7) is 0.574. The van der Waals surface area contributed by atoms with Gasteiger partial charge in [-0.05, 0) is 49.4 Å². The molecule has 0 unspecified atom stereocenters. The number of halogens is 1. The second-order valence-electron chi connectivity index (χ2n) is 10.0. The van der Waals surface area contributed by atoms with Gasteiger partial charge in [-0.1, -0.05) is 24.3 Å². The number of rotatable bonds is 5. The number of nitrogens with one attached hydrogen (secondary N) is 2. The lowest BCUT2D eigenvalue weighted by Crippen LogP contribution is -2.29. The molecule has 6 rings (SSSR count). The number of hydrogen-bond acceptors (Lipinski definition) is 7. The SMILES string of the molecule is O=C(c1cc(Cc2n[nH]c(=O)c3ccccc23)ccc1F)N1Cc2cnc(NC3CCC(O)CC3)nc2C1. The summed E-state index contributed by atoms with van der Waals surface area (Å²) in [4.78, 5) is 36.1. The second-order valence-corrected chi connectivity index (χ2v) is 10.0. The Kier molecular flexibility index (Phi) is 6.32. The van der Waals surface area contributed by atoms with Crippen molar-refractivity contribution in [3.8, 4) is 0 Å². The number of fused-ring (bicyclic) bond motifs is 2. The first-order valence-corrected chi connectivity index (χ1v) is 12.8. The molecule has 194 valence electrons. The highest BCUT2D eigenvalue weighted by molar-refractivity contribution is 5.95. The monoisotopic (exact) mass is 514 g/mol. The van der Waals surface area contributed by atoms with Crippen LogP contribution in [0.1, 0.15) is 58.6 Å². The first-order chi connectivity index (χ1) is 18.4. The first-order valence-electron chi connectivity index (χ1n) is 12.8. The van der Waals surface area contributed by atoms with Crippen LogP contribution in [0.15, 0.2) is 53.5 Å². The first kappa shape index (κ1) is 24.2. The zero-order chi connectivity index (χ0) is 26.2. The number of benzene rings is 2. The zero-order valence-electron chi connectivity index (χ0n) is 20.7. The molecular weight excluding hydrogens is 487 g/mol. The van der Waals surface area contributed by atoms with Crippen LogP contribution in [0.25, 0.3) is 10.8 Å². The van der Waals surface area contributed by atoms with Crippen molar-refractivity contribution in [1.29, 1.82) is 0 Å². The van der Waals surface area contributed by atoms with Crippen LogP contribution in [-0.2, 0) is 19.5 Å². The summed E-state index contributed by atoms with van der Waals surface area (Å²) < 4.78 is 14.8. The molecule has 1 aliphatic carbocycles. The van der Waals surface area contributed by atoms with Gasteiger partial charge in [-0.3, -0.25) is 9.59 Å². The van der Waals surface area contributed by atoms with Gasteiger partial charge in [-0.15, -0.1) is 0 Å². The minimum Gasteiger partial charge on any atom is -0.393 e. The summed E-state index contributed by atoms with van der Waals surface area (Å²) in [5.74, 6) is -0.507. The average molecular weight is 515 g/mol. The highest BCUT2D eigenvalue weighted by Gasteiger charge is 2.28. The van der Waals surface area contributed by atoms with Crippen LogP contribution in [0.2, 0.25) is 0 Å². The summed E-state index contributed by atoms with van der Waals surface area (Å²) in [5.41, 5.74) is 2.64. The van der Waals surface area contributed by atoms with E-state index in [0.29, 0.717) is 35.6 Å². The second kappa shape index (κ2) is 9.94. The van der Waals surface area contributed by atoms with Crippen LogP contribution < -0.4 is 10.9 Å². The number of amides is 1. The molecule has 3 heterocycles. The summed E-state index contributed by atoms with van der Waals surface area (Å²) in [7, 11) is 0. The Morgan fingerprint density at radius 2 is 1.89 bits per heavy atom. The summed E-state index contributed by atoms with van der Waals surface area (Å²) in [6.07, 6.45) is 5.03. The molecule has 0 spiro atoms. The van der Waals surface area contributed by atoms with Crippen molar-refractivity contribution in [3.05, 3.63) is 92.9 Å². The molecule has 2 aromatic carbocycles. The van der Waals surface area contributed by atoms with E-state index >= 15 is 0 Å². The lowest BCUT2D eigenvalue weighted by Gasteiger charge is -2.26. The fourth-order valence-corrected chi connectivity index (χ4v) is 5.29. The number of aromatic nitrogens is 4. The fraction of sp³-hybridized carbons (Fsp3) is 0.321. The van der Waals surface area contributed by atoms with Crippen LogP contribution >= 0.6 is 0 Å². The molecule has 0 atom stereocenters. The number of hydrogen-bond donors (Lipinski definition) is 3. The van der Waals surface area contributed by atoms with E-state index in [9.17, 15) is 19.1 Å². The fourth-order valence-electron chi connectivity index (χ4n) is 5.29. The Labute approximate surface area is 217 Å². The Bertz CT molecular complexity index is 1580. The Balaban J connectivity index is 1.19. The normalized spacial score (nSPS) is 18.9. The third-order valence-electron chi connectivity index (χ3n) is 7.38. The Morgan fingerprint density at radius 3 is 2.71 bits per heavy atom. The van der Waals surface area contributed by atoms with Crippen molar-refractivity contribution in [2.24, 2.45) is 0 Å². The average Bonchev–Trinajstić information content (AvgIpc) is 3.36. The van der Waals surface area contributed by atoms with Gasteiger partial charge in [-0.2, -0.15) is 5.10 Å². The summed E-state index contributed by atoms with van der Waals surface area (Å²) >= 11 is 0. The molecule has 0 radical (unpaired) electrons. The van der Waals surface area contributed by atoms with Crippen molar-refractivity contribution >= 4 is 22.6 Å². The molecule has 4 aromatic rings. The van der Waals surface area contributed by atoms with Crippen LogP contribution in [0.4, 0.5) is 10.3 Å². The number of carbonyl (C=O) groups is 1. The maximum absolute atomic E-state index is 14.8. The van der Waals surface area contributed by atoms with E-state index in [1.807, 2.05) is 12.1 Å². The van der Waals surface area contributed by atoms with Crippen molar-refractivity contribution in [3.63, 3.8) is 0 Å². The smallest absolute Gasteiger partial charge is 0.272 e. The molecule has 9 nitrogen and oxygen atoms in total. The summed E-state index contributed by atoms with van der Waals surface area (Å²) in [5, 5.41) is 21.0. The molecule has 0 saturated heterocycles. The van der Waals surface area contributed by atoms with E-state index in [1.165, 1.54) is 6.07 Å². The minimum absolute atomic E-state index is 0.0175. The van der Waals surface area contributed by atoms with Crippen molar-refractivity contribution in [1.82, 2.24) is 25.1 Å². The molecule has 0 bridgehead atoms. The number of H-pyrrole nitrogens is 1. The predicted molar refractivity (Wildman–Crippen MR) is 139 cm³/mol. The number of anilines is 1. The quantitative estimate of drug-likeness (QED) is 0.373. The lowest BCUT2D eigenvalue weighted by atomic mass is 9.93. The maximum Gasteiger partial charge on any atom is 0.272 e. The van der Waals surface area contributed by atoms with Crippen molar-refractivity contribution < 1.29 is 14.3 Å².